The third kappa shape index (κ3) is 4.50. The number of anilines is 1. The summed E-state index contributed by atoms with van der Waals surface area (Å²) in [4.78, 5) is 12.7. The zero-order valence-electron chi connectivity index (χ0n) is 18.1. The Balaban J connectivity index is 1.62. The number of hydrogen-bond donors (Lipinski definition) is 2. The average molecular weight is 483 g/mol. The Morgan fingerprint density at radius 2 is 2.00 bits per heavy atom. The Hall–Kier alpha value is -3.21. The van der Waals surface area contributed by atoms with Gasteiger partial charge in [0.05, 0.1) is 18.8 Å². The van der Waals surface area contributed by atoms with Gasteiger partial charge < -0.3 is 15.4 Å². The summed E-state index contributed by atoms with van der Waals surface area (Å²) in [6.07, 6.45) is -3.15. The monoisotopic (exact) mass is 482 g/mol. The highest BCUT2D eigenvalue weighted by Gasteiger charge is 2.47. The zero-order valence-corrected chi connectivity index (χ0v) is 18.8. The van der Waals surface area contributed by atoms with Crippen LogP contribution < -0.4 is 15.4 Å². The minimum absolute atomic E-state index is 0.0474. The van der Waals surface area contributed by atoms with Gasteiger partial charge in [-0.25, -0.2) is 4.68 Å². The van der Waals surface area contributed by atoms with Crippen LogP contribution in [0, 0.1) is 6.92 Å². The van der Waals surface area contributed by atoms with Crippen molar-refractivity contribution in [2.45, 2.75) is 38.1 Å². The van der Waals surface area contributed by atoms with E-state index in [4.69, 9.17) is 16.3 Å². The first kappa shape index (κ1) is 23.0. The SMILES string of the molecule is COc1ccc([C@@H]2C[C@@H](C(F)(F)F)n3nc(C(=O)NCc4cn(C)nc4C)c(Cl)c3N2)cc1. The molecule has 0 spiro atoms. The summed E-state index contributed by atoms with van der Waals surface area (Å²) >= 11 is 6.36. The summed E-state index contributed by atoms with van der Waals surface area (Å²) in [6.45, 7) is 1.93. The Labute approximate surface area is 192 Å². The van der Waals surface area contributed by atoms with Crippen molar-refractivity contribution in [2.75, 3.05) is 12.4 Å². The van der Waals surface area contributed by atoms with Gasteiger partial charge in [0.15, 0.2) is 11.7 Å². The number of nitrogens with one attached hydrogen (secondary N) is 2. The third-order valence-corrected chi connectivity index (χ3v) is 5.94. The fourth-order valence-corrected chi connectivity index (χ4v) is 4.14. The van der Waals surface area contributed by atoms with Crippen LogP contribution >= 0.6 is 11.6 Å². The molecule has 0 bridgehead atoms. The van der Waals surface area contributed by atoms with Crippen LogP contribution in [0.25, 0.3) is 0 Å². The standard InChI is InChI=1S/C21H22ClF3N6O2/c1-11-13(10-30(2)28-11)9-26-20(32)18-17(22)19-27-15(12-4-6-14(33-3)7-5-12)8-16(21(23,24)25)31(19)29-18/h4-7,10,15-16,27H,8-9H2,1-3H3,(H,26,32)/t15-,16-/m0/s1. The quantitative estimate of drug-likeness (QED) is 0.570. The molecule has 0 saturated carbocycles. The summed E-state index contributed by atoms with van der Waals surface area (Å²) < 4.78 is 49.3. The number of benzene rings is 1. The second-order valence-corrected chi connectivity index (χ2v) is 8.19. The fourth-order valence-electron chi connectivity index (χ4n) is 3.87. The van der Waals surface area contributed by atoms with Gasteiger partial charge in [0, 0.05) is 31.8 Å². The molecule has 2 atom stereocenters. The normalized spacial score (nSPS) is 17.9. The highest BCUT2D eigenvalue weighted by molar-refractivity contribution is 6.36. The summed E-state index contributed by atoms with van der Waals surface area (Å²) in [7, 11) is 3.26. The lowest BCUT2D eigenvalue weighted by Crippen LogP contribution is -2.35. The van der Waals surface area contributed by atoms with E-state index in [9.17, 15) is 18.0 Å². The number of amides is 1. The van der Waals surface area contributed by atoms with Crippen LogP contribution in [-0.4, -0.2) is 38.8 Å². The number of ether oxygens (including phenoxy) is 1. The lowest BCUT2D eigenvalue weighted by molar-refractivity contribution is -0.173. The van der Waals surface area contributed by atoms with E-state index in [0.717, 1.165) is 15.9 Å². The van der Waals surface area contributed by atoms with Crippen LogP contribution in [0.3, 0.4) is 0 Å². The number of aryl methyl sites for hydroxylation is 2. The van der Waals surface area contributed by atoms with E-state index in [1.165, 1.54) is 7.11 Å². The lowest BCUT2D eigenvalue weighted by atomic mass is 9.97. The summed E-state index contributed by atoms with van der Waals surface area (Å²) in [5.41, 5.74) is 1.86. The van der Waals surface area contributed by atoms with Crippen molar-refractivity contribution < 1.29 is 22.7 Å². The number of halogens is 4. The van der Waals surface area contributed by atoms with E-state index in [-0.39, 0.29) is 29.5 Å². The van der Waals surface area contributed by atoms with Crippen molar-refractivity contribution in [2.24, 2.45) is 7.05 Å². The van der Waals surface area contributed by atoms with Gasteiger partial charge in [-0.3, -0.25) is 9.48 Å². The molecule has 8 nitrogen and oxygen atoms in total. The van der Waals surface area contributed by atoms with Gasteiger partial charge >= 0.3 is 6.18 Å². The van der Waals surface area contributed by atoms with E-state index in [1.54, 1.807) is 49.1 Å². The second kappa shape index (κ2) is 8.62. The summed E-state index contributed by atoms with van der Waals surface area (Å²) in [5.74, 6) is -0.129. The van der Waals surface area contributed by atoms with Crippen molar-refractivity contribution in [3.8, 4) is 5.75 Å². The smallest absolute Gasteiger partial charge is 0.410 e. The molecule has 0 unspecified atom stereocenters. The molecule has 0 radical (unpaired) electrons. The van der Waals surface area contributed by atoms with Gasteiger partial charge in [-0.1, -0.05) is 23.7 Å². The Morgan fingerprint density at radius 3 is 2.58 bits per heavy atom. The lowest BCUT2D eigenvalue weighted by Gasteiger charge is -2.33. The first-order valence-corrected chi connectivity index (χ1v) is 10.5. The maximum atomic E-state index is 13.9. The van der Waals surface area contributed by atoms with Crippen molar-refractivity contribution >= 4 is 23.3 Å². The molecule has 3 aromatic rings. The number of rotatable bonds is 5. The van der Waals surface area contributed by atoms with E-state index >= 15 is 0 Å². The van der Waals surface area contributed by atoms with Crippen LogP contribution in [0.2, 0.25) is 5.02 Å². The molecule has 1 aromatic carbocycles. The van der Waals surface area contributed by atoms with Crippen LogP contribution in [0.4, 0.5) is 19.0 Å². The molecule has 0 saturated heterocycles. The molecule has 176 valence electrons. The number of hydrogen-bond acceptors (Lipinski definition) is 5. The van der Waals surface area contributed by atoms with E-state index in [2.05, 4.69) is 20.8 Å². The molecular weight excluding hydrogens is 461 g/mol. The van der Waals surface area contributed by atoms with Gasteiger partial charge in [0.2, 0.25) is 0 Å². The number of nitrogens with zero attached hydrogens (tertiary/aromatic N) is 4. The zero-order chi connectivity index (χ0) is 23.9. The highest BCUT2D eigenvalue weighted by atomic mass is 35.5. The number of fused-ring (bicyclic) bond motifs is 1. The molecule has 1 aliphatic heterocycles. The van der Waals surface area contributed by atoms with Crippen molar-refractivity contribution in [1.29, 1.82) is 0 Å². The molecule has 0 aliphatic carbocycles. The molecule has 4 rings (SSSR count). The van der Waals surface area contributed by atoms with Crippen LogP contribution in [0.1, 0.15) is 45.8 Å². The maximum Gasteiger partial charge on any atom is 0.410 e. The second-order valence-electron chi connectivity index (χ2n) is 7.82. The predicted octanol–water partition coefficient (Wildman–Crippen LogP) is 4.18. The van der Waals surface area contributed by atoms with Crippen molar-refractivity contribution in [3.63, 3.8) is 0 Å². The molecule has 0 fully saturated rings. The van der Waals surface area contributed by atoms with Gasteiger partial charge in [-0.15, -0.1) is 0 Å². The largest absolute Gasteiger partial charge is 0.497 e. The Kier molecular flexibility index (Phi) is 6.00. The fraction of sp³-hybridized carbons (Fsp3) is 0.381. The minimum Gasteiger partial charge on any atom is -0.497 e. The van der Waals surface area contributed by atoms with Crippen LogP contribution in [0.15, 0.2) is 30.5 Å². The molecule has 3 heterocycles. The number of methoxy groups -OCH3 is 1. The van der Waals surface area contributed by atoms with E-state index < -0.39 is 24.2 Å². The number of carbonyl (C=O) groups excluding carboxylic acids is 1. The third-order valence-electron chi connectivity index (χ3n) is 5.58. The first-order chi connectivity index (χ1) is 15.6. The number of aromatic nitrogens is 4. The predicted molar refractivity (Wildman–Crippen MR) is 115 cm³/mol. The van der Waals surface area contributed by atoms with E-state index in [0.29, 0.717) is 11.3 Å². The van der Waals surface area contributed by atoms with Crippen molar-refractivity contribution in [3.05, 3.63) is 58.0 Å². The first-order valence-electron chi connectivity index (χ1n) is 10.1. The minimum atomic E-state index is -4.59. The van der Waals surface area contributed by atoms with Crippen LogP contribution in [-0.2, 0) is 13.6 Å². The molecule has 2 aromatic heterocycles. The molecule has 2 N–H and O–H groups in total. The number of carbonyl (C=O) groups is 1. The topological polar surface area (TPSA) is 86.0 Å². The molecule has 33 heavy (non-hydrogen) atoms. The van der Waals surface area contributed by atoms with Gasteiger partial charge in [0.1, 0.15) is 16.6 Å². The molecule has 1 aliphatic rings. The van der Waals surface area contributed by atoms with Gasteiger partial charge in [-0.2, -0.15) is 23.4 Å². The Bertz CT molecular complexity index is 1170. The van der Waals surface area contributed by atoms with Gasteiger partial charge in [-0.05, 0) is 24.6 Å². The average Bonchev–Trinajstić information content (AvgIpc) is 3.28. The van der Waals surface area contributed by atoms with E-state index in [1.807, 2.05) is 0 Å². The summed E-state index contributed by atoms with van der Waals surface area (Å²) in [6, 6.07) is 4.10. The van der Waals surface area contributed by atoms with Crippen molar-refractivity contribution in [1.82, 2.24) is 24.9 Å². The Morgan fingerprint density at radius 1 is 1.30 bits per heavy atom. The molecular formula is C21H22ClF3N6O2. The highest BCUT2D eigenvalue weighted by Crippen LogP contribution is 2.46. The maximum absolute atomic E-state index is 13.9. The molecule has 12 heteroatoms. The number of alkyl halides is 3. The molecule has 1 amide bonds. The van der Waals surface area contributed by atoms with Crippen LogP contribution in [0.5, 0.6) is 5.75 Å². The summed E-state index contributed by atoms with van der Waals surface area (Å²) in [5, 5.41) is 13.6. The van der Waals surface area contributed by atoms with Gasteiger partial charge in [0.25, 0.3) is 5.91 Å².